The smallest absolute Gasteiger partial charge is 0.338 e. The fraction of sp³-hybridized carbons (Fsp3) is 0.235. The Morgan fingerprint density at radius 1 is 0.854 bits per heavy atom. The van der Waals surface area contributed by atoms with E-state index in [9.17, 15) is 9.59 Å². The number of ether oxygens (including phenoxy) is 3. The van der Waals surface area contributed by atoms with Crippen LogP contribution < -0.4 is 14.4 Å². The second-order valence-corrected chi connectivity index (χ2v) is 10.6. The molecule has 1 aliphatic rings. The number of esters is 1. The van der Waals surface area contributed by atoms with E-state index in [1.165, 1.54) is 16.9 Å². The van der Waals surface area contributed by atoms with Crippen LogP contribution in [-0.4, -0.2) is 45.7 Å². The maximum Gasteiger partial charge on any atom is 0.338 e. The molecule has 0 spiro atoms. The first-order chi connectivity index (χ1) is 20.0. The van der Waals surface area contributed by atoms with Gasteiger partial charge in [-0.3, -0.25) is 4.79 Å². The van der Waals surface area contributed by atoms with Crippen LogP contribution >= 0.6 is 11.3 Å². The van der Waals surface area contributed by atoms with Crippen molar-refractivity contribution < 1.29 is 23.8 Å². The van der Waals surface area contributed by atoms with Gasteiger partial charge in [0.2, 0.25) is 5.78 Å². The van der Waals surface area contributed by atoms with E-state index < -0.39 is 0 Å². The Morgan fingerprint density at radius 3 is 2.20 bits per heavy atom. The molecular formula is C34H33NO5S. The van der Waals surface area contributed by atoms with Gasteiger partial charge in [0.25, 0.3) is 0 Å². The molecule has 0 saturated carbocycles. The average molecular weight is 568 g/mol. The lowest BCUT2D eigenvalue weighted by molar-refractivity contribution is 0.0526. The number of benzene rings is 3. The number of carbonyl (C=O) groups excluding carboxylic acids is 2. The molecule has 0 N–H and O–H groups in total. The highest BCUT2D eigenvalue weighted by Gasteiger charge is 2.25. The van der Waals surface area contributed by atoms with Crippen molar-refractivity contribution in [3.63, 3.8) is 0 Å². The Balaban J connectivity index is 1.36. The number of nitrogens with zero attached hydrogens (tertiary/aromatic N) is 1. The summed E-state index contributed by atoms with van der Waals surface area (Å²) >= 11 is 1.43. The van der Waals surface area contributed by atoms with Crippen LogP contribution in [0.3, 0.4) is 0 Å². The number of piperidine rings is 1. The maximum absolute atomic E-state index is 13.8. The van der Waals surface area contributed by atoms with Crippen LogP contribution in [0.4, 0.5) is 5.69 Å². The van der Waals surface area contributed by atoms with Crippen LogP contribution in [0, 0.1) is 0 Å². The highest BCUT2D eigenvalue weighted by atomic mass is 32.1. The Hall–Kier alpha value is -4.36. The second kappa shape index (κ2) is 12.9. The van der Waals surface area contributed by atoms with Gasteiger partial charge in [-0.25, -0.2) is 4.79 Å². The zero-order valence-electron chi connectivity index (χ0n) is 23.5. The fourth-order valence-electron chi connectivity index (χ4n) is 5.19. The molecule has 7 heteroatoms. The van der Waals surface area contributed by atoms with Crippen molar-refractivity contribution in [2.75, 3.05) is 38.8 Å². The summed E-state index contributed by atoms with van der Waals surface area (Å²) in [4.78, 5) is 28.8. The predicted octanol–water partition coefficient (Wildman–Crippen LogP) is 7.52. The molecule has 0 unspecified atom stereocenters. The minimum Gasteiger partial charge on any atom is -0.496 e. The largest absolute Gasteiger partial charge is 0.496 e. The van der Waals surface area contributed by atoms with Crippen LogP contribution in [0.1, 0.15) is 50.9 Å². The van der Waals surface area contributed by atoms with E-state index >= 15 is 0 Å². The quantitative estimate of drug-likeness (QED) is 0.154. The van der Waals surface area contributed by atoms with Crippen molar-refractivity contribution in [2.45, 2.75) is 19.8 Å². The topological polar surface area (TPSA) is 65.1 Å². The number of anilines is 1. The number of carbonyl (C=O) groups is 2. The third-order valence-electron chi connectivity index (χ3n) is 7.29. The van der Waals surface area contributed by atoms with Crippen LogP contribution in [0.2, 0.25) is 0 Å². The first-order valence-corrected chi connectivity index (χ1v) is 14.6. The molecule has 210 valence electrons. The Labute approximate surface area is 244 Å². The summed E-state index contributed by atoms with van der Waals surface area (Å²) in [6, 6.07) is 23.3. The Bertz CT molecular complexity index is 1540. The molecule has 0 bridgehead atoms. The molecule has 0 radical (unpaired) electrons. The summed E-state index contributed by atoms with van der Waals surface area (Å²) < 4.78 is 16.1. The zero-order valence-corrected chi connectivity index (χ0v) is 24.3. The summed E-state index contributed by atoms with van der Waals surface area (Å²) in [6.45, 7) is 3.96. The summed E-state index contributed by atoms with van der Waals surface area (Å²) in [6.07, 6.45) is 4.13. The van der Waals surface area contributed by atoms with Gasteiger partial charge in [0, 0.05) is 24.3 Å². The standard InChI is InChI=1S/C34H33NO5S/c1-4-40-34(37)24-12-14-26(15-13-24)35-19-16-23(17-20-35)22-25-8-5-6-9-27(25)28-18-21-41-33(28)32(36)31-29(38-2)10-7-11-30(31)39-3/h5-15,18,21-22H,4,16-17,19-20H2,1-3H3. The van der Waals surface area contributed by atoms with Crippen molar-refractivity contribution in [3.05, 3.63) is 105 Å². The molecule has 0 amide bonds. The molecule has 1 fully saturated rings. The molecule has 3 aromatic carbocycles. The molecule has 1 aromatic heterocycles. The van der Waals surface area contributed by atoms with Gasteiger partial charge in [0.15, 0.2) is 0 Å². The van der Waals surface area contributed by atoms with Crippen molar-refractivity contribution in [1.82, 2.24) is 0 Å². The van der Waals surface area contributed by atoms with Gasteiger partial charge >= 0.3 is 5.97 Å². The van der Waals surface area contributed by atoms with Gasteiger partial charge < -0.3 is 19.1 Å². The molecule has 6 nitrogen and oxygen atoms in total. The van der Waals surface area contributed by atoms with Crippen LogP contribution in [0.5, 0.6) is 11.5 Å². The molecule has 5 rings (SSSR count). The van der Waals surface area contributed by atoms with Crippen molar-refractivity contribution in [3.8, 4) is 22.6 Å². The van der Waals surface area contributed by atoms with Crippen molar-refractivity contribution >= 4 is 34.9 Å². The van der Waals surface area contributed by atoms with Gasteiger partial charge in [-0.05, 0) is 78.7 Å². The molecule has 1 aliphatic heterocycles. The number of hydrogen-bond acceptors (Lipinski definition) is 7. The number of methoxy groups -OCH3 is 2. The van der Waals surface area contributed by atoms with E-state index in [-0.39, 0.29) is 11.8 Å². The van der Waals surface area contributed by atoms with E-state index in [2.05, 4.69) is 23.1 Å². The molecular weight excluding hydrogens is 534 g/mol. The lowest BCUT2D eigenvalue weighted by atomic mass is 9.93. The monoisotopic (exact) mass is 567 g/mol. The summed E-state index contributed by atoms with van der Waals surface area (Å²) in [5.74, 6) is 0.575. The normalized spacial score (nSPS) is 13.0. The second-order valence-electron chi connectivity index (χ2n) is 9.67. The summed E-state index contributed by atoms with van der Waals surface area (Å²) in [5, 5.41) is 1.96. The van der Waals surface area contributed by atoms with Crippen molar-refractivity contribution in [1.29, 1.82) is 0 Å². The van der Waals surface area contributed by atoms with Crippen LogP contribution in [0.15, 0.2) is 83.7 Å². The lowest BCUT2D eigenvalue weighted by Crippen LogP contribution is -2.30. The molecule has 0 aliphatic carbocycles. The van der Waals surface area contributed by atoms with Gasteiger partial charge in [-0.15, -0.1) is 11.3 Å². The first kappa shape index (κ1) is 28.2. The molecule has 1 saturated heterocycles. The SMILES string of the molecule is CCOC(=O)c1ccc(N2CCC(=Cc3ccccc3-c3ccsc3C(=O)c3c(OC)cccc3OC)CC2)cc1. The number of hydrogen-bond donors (Lipinski definition) is 0. The van der Waals surface area contributed by atoms with Gasteiger partial charge in [0.05, 0.1) is 31.3 Å². The van der Waals surface area contributed by atoms with E-state index in [0.717, 1.165) is 48.3 Å². The van der Waals surface area contributed by atoms with Gasteiger partial charge in [-0.2, -0.15) is 0 Å². The predicted molar refractivity (Wildman–Crippen MR) is 165 cm³/mol. The van der Waals surface area contributed by atoms with Crippen LogP contribution in [0.25, 0.3) is 17.2 Å². The van der Waals surface area contributed by atoms with Crippen molar-refractivity contribution in [2.24, 2.45) is 0 Å². The third kappa shape index (κ3) is 6.05. The molecule has 41 heavy (non-hydrogen) atoms. The fourth-order valence-corrected chi connectivity index (χ4v) is 6.05. The minimum atomic E-state index is -0.292. The molecule has 4 aromatic rings. The summed E-state index contributed by atoms with van der Waals surface area (Å²) in [7, 11) is 3.12. The van der Waals surface area contributed by atoms with Gasteiger partial charge in [0.1, 0.15) is 17.1 Å². The van der Waals surface area contributed by atoms with E-state index in [0.29, 0.717) is 34.1 Å². The zero-order chi connectivity index (χ0) is 28.8. The first-order valence-electron chi connectivity index (χ1n) is 13.7. The Kier molecular flexibility index (Phi) is 8.85. The highest BCUT2D eigenvalue weighted by Crippen LogP contribution is 2.38. The molecule has 2 heterocycles. The number of rotatable bonds is 9. The van der Waals surface area contributed by atoms with E-state index in [1.54, 1.807) is 26.4 Å². The maximum atomic E-state index is 13.8. The van der Waals surface area contributed by atoms with Gasteiger partial charge in [-0.1, -0.05) is 42.0 Å². The average Bonchev–Trinajstić information content (AvgIpc) is 3.51. The Morgan fingerprint density at radius 2 is 1.54 bits per heavy atom. The van der Waals surface area contributed by atoms with E-state index in [4.69, 9.17) is 14.2 Å². The minimum absolute atomic E-state index is 0.117. The number of ketones is 1. The number of thiophene rings is 1. The third-order valence-corrected chi connectivity index (χ3v) is 8.20. The highest BCUT2D eigenvalue weighted by molar-refractivity contribution is 7.12. The van der Waals surface area contributed by atoms with E-state index in [1.807, 2.05) is 60.8 Å². The molecule has 0 atom stereocenters. The summed E-state index contributed by atoms with van der Waals surface area (Å²) in [5.41, 5.74) is 6.49. The van der Waals surface area contributed by atoms with Crippen LogP contribution in [-0.2, 0) is 4.74 Å². The lowest BCUT2D eigenvalue weighted by Gasteiger charge is -2.30.